The summed E-state index contributed by atoms with van der Waals surface area (Å²) in [4.78, 5) is 34.5. The highest BCUT2D eigenvalue weighted by Crippen LogP contribution is 2.60. The van der Waals surface area contributed by atoms with Gasteiger partial charge in [-0.2, -0.15) is 0 Å². The number of ketones is 1. The van der Waals surface area contributed by atoms with Crippen molar-refractivity contribution in [2.45, 2.75) is 75.7 Å². The minimum atomic E-state index is -3.58. The molecule has 0 spiro atoms. The molecule has 0 N–H and O–H groups in total. The van der Waals surface area contributed by atoms with Crippen LogP contribution in [0.3, 0.4) is 0 Å². The second-order valence-corrected chi connectivity index (χ2v) is 21.3. The van der Waals surface area contributed by atoms with Crippen molar-refractivity contribution in [2.75, 3.05) is 27.4 Å². The molecule has 4 unspecified atom stereocenters. The molecular formula is C33H47Br2Cl2NO12P2S. The Labute approximate surface area is 343 Å². The predicted octanol–water partition coefficient (Wildman–Crippen LogP) is 10.9. The van der Waals surface area contributed by atoms with Gasteiger partial charge in [-0.05, 0) is 86.0 Å². The fraction of sp³-hybridized carbons (Fsp3) is 0.576. The van der Waals surface area contributed by atoms with Crippen LogP contribution >= 0.6 is 69.6 Å². The maximum Gasteiger partial charge on any atom is 0.475 e. The van der Waals surface area contributed by atoms with E-state index >= 15 is 0 Å². The summed E-state index contributed by atoms with van der Waals surface area (Å²) in [5.74, 6) is 0.425. The van der Waals surface area contributed by atoms with Crippen LogP contribution in [0.15, 0.2) is 59.7 Å². The van der Waals surface area contributed by atoms with Gasteiger partial charge >= 0.3 is 20.5 Å². The molecule has 0 amide bonds. The number of alkyl halides is 4. The van der Waals surface area contributed by atoms with Crippen LogP contribution in [-0.4, -0.2) is 58.5 Å². The normalized spacial score (nSPS) is 19.9. The number of nitro groups is 1. The second-order valence-electron chi connectivity index (χ2n) is 12.2. The maximum atomic E-state index is 12.5. The van der Waals surface area contributed by atoms with Crippen molar-refractivity contribution in [3.8, 4) is 5.75 Å². The molecule has 2 aliphatic rings. The van der Waals surface area contributed by atoms with E-state index < -0.39 is 33.8 Å². The van der Waals surface area contributed by atoms with Crippen molar-refractivity contribution in [3.63, 3.8) is 0 Å². The summed E-state index contributed by atoms with van der Waals surface area (Å²) in [5.41, 5.74) is 2.79. The molecule has 4 atom stereocenters. The number of Topliss-reactive ketones (excluding diaryl/α,β-unsaturated/α-hetero) is 1. The minimum absolute atomic E-state index is 0.0107. The summed E-state index contributed by atoms with van der Waals surface area (Å²) in [6, 6.07) is 5.62. The number of phosphoric ester groups is 1. The predicted molar refractivity (Wildman–Crippen MR) is 217 cm³/mol. The Bertz CT molecular complexity index is 1580. The van der Waals surface area contributed by atoms with Gasteiger partial charge in [0.25, 0.3) is 5.69 Å². The van der Waals surface area contributed by atoms with Gasteiger partial charge in [0.15, 0.2) is 10.8 Å². The maximum absolute atomic E-state index is 12.5. The third-order valence-corrected chi connectivity index (χ3v) is 14.6. The van der Waals surface area contributed by atoms with Crippen LogP contribution < -0.4 is 4.52 Å². The summed E-state index contributed by atoms with van der Waals surface area (Å²) in [6.07, 6.45) is 4.31. The molecule has 3 rings (SSSR count). The summed E-state index contributed by atoms with van der Waals surface area (Å²) in [5, 5.41) is 9.57. The lowest BCUT2D eigenvalue weighted by atomic mass is 10.1. The summed E-state index contributed by atoms with van der Waals surface area (Å²) >= 11 is 22.2. The van der Waals surface area contributed by atoms with Crippen LogP contribution in [-0.2, 0) is 53.3 Å². The molecule has 0 bridgehead atoms. The molecule has 300 valence electrons. The molecule has 0 radical (unpaired) electrons. The van der Waals surface area contributed by atoms with Crippen LogP contribution in [0.5, 0.6) is 5.75 Å². The number of halogens is 4. The summed E-state index contributed by atoms with van der Waals surface area (Å²) < 4.78 is 45.5. The first-order chi connectivity index (χ1) is 24.4. The zero-order valence-corrected chi connectivity index (χ0v) is 38.3. The molecule has 2 aliphatic carbocycles. The average molecular weight is 974 g/mol. The number of hydrogen-bond acceptors (Lipinski definition) is 13. The van der Waals surface area contributed by atoms with E-state index in [-0.39, 0.29) is 41.1 Å². The van der Waals surface area contributed by atoms with Gasteiger partial charge in [-0.15, -0.1) is 6.58 Å². The number of nitro benzene ring substituents is 1. The Morgan fingerprint density at radius 2 is 1.70 bits per heavy atom. The molecule has 1 aromatic carbocycles. The lowest BCUT2D eigenvalue weighted by Crippen LogP contribution is -2.21. The van der Waals surface area contributed by atoms with Crippen LogP contribution in [0.25, 0.3) is 0 Å². The number of esters is 1. The molecule has 0 saturated heterocycles. The first-order valence-electron chi connectivity index (χ1n) is 16.1. The molecule has 20 heteroatoms. The van der Waals surface area contributed by atoms with E-state index in [4.69, 9.17) is 57.8 Å². The molecule has 0 aliphatic heterocycles. The highest BCUT2D eigenvalue weighted by atomic mass is 79.9. The third-order valence-electron chi connectivity index (χ3n) is 7.72. The lowest BCUT2D eigenvalue weighted by Gasteiger charge is -2.22. The number of non-ortho nitro benzene ring substituents is 1. The largest absolute Gasteiger partial charge is 0.475 e. The van der Waals surface area contributed by atoms with E-state index in [1.54, 1.807) is 19.9 Å². The van der Waals surface area contributed by atoms with Gasteiger partial charge < -0.3 is 9.26 Å². The molecule has 53 heavy (non-hydrogen) atoms. The van der Waals surface area contributed by atoms with Crippen LogP contribution in [0.4, 0.5) is 5.69 Å². The van der Waals surface area contributed by atoms with Crippen molar-refractivity contribution in [2.24, 2.45) is 17.3 Å². The number of rotatable bonds is 17. The number of ether oxygens (including phenoxy) is 1. The minimum Gasteiger partial charge on any atom is -0.457 e. The second kappa shape index (κ2) is 22.1. The Kier molecular flexibility index (Phi) is 20.8. The standard InChI is InChI=1S/C19H26O3.C10H14NO5PS.C4H7Br2Cl2O4P/c1-7-8-13-12(4)16(10-15(13)20)22-18(21)17-14(9-11(2)3)19(17,5)6;1-3-14-17(18,15-4-2)16-10-7-5-9(6-8-10)11(12)13;1-10-13(9,11-2)12-3(5)4(6,7)8/h7,9,14,16-17H,1,8,10H2,2-6H3;5-8H,3-4H2,1-2H3;3H,1-2H3. The Balaban J connectivity index is 0.000000412. The van der Waals surface area contributed by atoms with Crippen molar-refractivity contribution in [1.82, 2.24) is 0 Å². The quantitative estimate of drug-likeness (QED) is 0.0363. The van der Waals surface area contributed by atoms with Crippen molar-refractivity contribution < 1.29 is 51.0 Å². The monoisotopic (exact) mass is 971 g/mol. The third kappa shape index (κ3) is 15.8. The lowest BCUT2D eigenvalue weighted by molar-refractivity contribution is -0.384. The van der Waals surface area contributed by atoms with Crippen molar-refractivity contribution >= 4 is 98.8 Å². The zero-order valence-electron chi connectivity index (χ0n) is 31.0. The van der Waals surface area contributed by atoms with E-state index in [1.165, 1.54) is 44.1 Å². The smallest absolute Gasteiger partial charge is 0.457 e. The molecule has 1 aromatic rings. The van der Waals surface area contributed by atoms with E-state index in [1.807, 2.05) is 20.8 Å². The number of hydrogen-bond donors (Lipinski definition) is 0. The summed E-state index contributed by atoms with van der Waals surface area (Å²) in [6.45, 7) is 15.3. The van der Waals surface area contributed by atoms with Gasteiger partial charge in [0.05, 0.1) is 30.5 Å². The number of nitrogens with zero attached hydrogens (tertiary/aromatic N) is 1. The van der Waals surface area contributed by atoms with Gasteiger partial charge in [-0.3, -0.25) is 42.3 Å². The number of allylic oxidation sites excluding steroid dienone is 4. The number of benzene rings is 1. The molecule has 1 saturated carbocycles. The first kappa shape index (κ1) is 50.0. The molecule has 0 aromatic heterocycles. The van der Waals surface area contributed by atoms with E-state index in [2.05, 4.69) is 67.4 Å². The van der Waals surface area contributed by atoms with Gasteiger partial charge in [-0.1, -0.05) is 70.7 Å². The fourth-order valence-electron chi connectivity index (χ4n) is 4.92. The molecular weight excluding hydrogens is 927 g/mol. The van der Waals surface area contributed by atoms with Crippen molar-refractivity contribution in [3.05, 3.63) is 69.8 Å². The topological polar surface area (TPSA) is 159 Å². The van der Waals surface area contributed by atoms with Crippen LogP contribution in [0, 0.1) is 27.4 Å². The molecule has 1 fully saturated rings. The fourth-order valence-corrected chi connectivity index (χ4v) is 8.77. The average Bonchev–Trinajstić information content (AvgIpc) is 3.49. The van der Waals surface area contributed by atoms with E-state index in [0.29, 0.717) is 25.4 Å². The molecule has 0 heterocycles. The van der Waals surface area contributed by atoms with Gasteiger partial charge in [0.1, 0.15) is 11.9 Å². The van der Waals surface area contributed by atoms with Crippen LogP contribution in [0.2, 0.25) is 0 Å². The number of carbonyl (C=O) groups excluding carboxylic acids is 2. The highest BCUT2D eigenvalue weighted by Gasteiger charge is 2.61. The Hall–Kier alpha value is -1.000. The number of phosphoric acid groups is 1. The first-order valence-corrected chi connectivity index (χ1v) is 22.6. The van der Waals surface area contributed by atoms with Gasteiger partial charge in [0.2, 0.25) is 3.24 Å². The SMILES string of the molecule is C=CCC1=C(C)C(OC(=O)C2C(C=C(C)C)C2(C)C)CC1=O.CCOP(=S)(OCC)Oc1ccc([N+](=O)[O-])cc1.COP(=O)(OC)OC(Br)C(Cl)(Cl)Br. The van der Waals surface area contributed by atoms with Gasteiger partial charge in [0, 0.05) is 43.7 Å². The highest BCUT2D eigenvalue weighted by molar-refractivity contribution is 9.13. The molecule has 13 nitrogen and oxygen atoms in total. The van der Waals surface area contributed by atoms with E-state index in [0.717, 1.165) is 11.1 Å². The van der Waals surface area contributed by atoms with E-state index in [9.17, 15) is 24.3 Å². The number of carbonyl (C=O) groups is 2. The summed E-state index contributed by atoms with van der Waals surface area (Å²) in [7, 11) is -1.21. The van der Waals surface area contributed by atoms with Crippen molar-refractivity contribution in [1.29, 1.82) is 0 Å². The van der Waals surface area contributed by atoms with Gasteiger partial charge in [-0.25, -0.2) is 4.57 Å². The Morgan fingerprint density at radius 3 is 2.11 bits per heavy atom. The Morgan fingerprint density at radius 1 is 1.17 bits per heavy atom. The zero-order chi connectivity index (χ0) is 40.9. The van der Waals surface area contributed by atoms with Crippen LogP contribution in [0.1, 0.15) is 61.3 Å².